The molecule has 0 spiro atoms. The van der Waals surface area contributed by atoms with Gasteiger partial charge >= 0.3 is 0 Å². The monoisotopic (exact) mass is 343 g/mol. The molecule has 3 rings (SSSR count). The average molecular weight is 344 g/mol. The van der Waals surface area contributed by atoms with Gasteiger partial charge in [-0.25, -0.2) is 0 Å². The smallest absolute Gasteiger partial charge is 0.222 e. The Labute approximate surface area is 152 Å². The summed E-state index contributed by atoms with van der Waals surface area (Å²) >= 11 is 0. The summed E-state index contributed by atoms with van der Waals surface area (Å²) in [4.78, 5) is 17.0. The van der Waals surface area contributed by atoms with Crippen molar-refractivity contribution in [2.24, 2.45) is 17.6 Å². The van der Waals surface area contributed by atoms with Gasteiger partial charge in [-0.15, -0.1) is 0 Å². The molecule has 0 radical (unpaired) electrons. The highest BCUT2D eigenvalue weighted by Gasteiger charge is 2.29. The summed E-state index contributed by atoms with van der Waals surface area (Å²) in [6.07, 6.45) is 6.33. The highest BCUT2D eigenvalue weighted by molar-refractivity contribution is 5.76. The van der Waals surface area contributed by atoms with Gasteiger partial charge in [0.15, 0.2) is 0 Å². The zero-order chi connectivity index (χ0) is 17.6. The molecular weight excluding hydrogens is 310 g/mol. The summed E-state index contributed by atoms with van der Waals surface area (Å²) in [5, 5.41) is 0. The normalized spacial score (nSPS) is 24.8. The van der Waals surface area contributed by atoms with Crippen LogP contribution in [0.25, 0.3) is 0 Å². The van der Waals surface area contributed by atoms with Crippen molar-refractivity contribution < 1.29 is 4.79 Å². The van der Waals surface area contributed by atoms with Crippen molar-refractivity contribution in [3.63, 3.8) is 0 Å². The SMILES string of the molecule is CN(Cc1ccccc1)CC1CCN(C(=O)C[C@@H]2CCC[C@H]2N)CC1. The lowest BCUT2D eigenvalue weighted by Gasteiger charge is -2.34. The molecule has 2 atom stereocenters. The van der Waals surface area contributed by atoms with Crippen molar-refractivity contribution in [1.29, 1.82) is 0 Å². The van der Waals surface area contributed by atoms with E-state index in [1.54, 1.807) is 0 Å². The largest absolute Gasteiger partial charge is 0.343 e. The zero-order valence-electron chi connectivity index (χ0n) is 15.6. The van der Waals surface area contributed by atoms with Crippen LogP contribution in [0.1, 0.15) is 44.1 Å². The molecule has 2 aliphatic rings. The first-order valence-corrected chi connectivity index (χ1v) is 9.87. The number of amides is 1. The summed E-state index contributed by atoms with van der Waals surface area (Å²) in [5.74, 6) is 1.45. The standard InChI is InChI=1S/C21H33N3O/c1-23(15-17-6-3-2-4-7-17)16-18-10-12-24(13-11-18)21(25)14-19-8-5-9-20(19)22/h2-4,6-7,18-20H,5,8-16,22H2,1H3/t19-,20+/m0/s1. The molecule has 1 heterocycles. The highest BCUT2D eigenvalue weighted by Crippen LogP contribution is 2.28. The fraction of sp³-hybridized carbons (Fsp3) is 0.667. The van der Waals surface area contributed by atoms with Gasteiger partial charge in [0.05, 0.1) is 0 Å². The number of hydrogen-bond donors (Lipinski definition) is 1. The van der Waals surface area contributed by atoms with E-state index in [4.69, 9.17) is 5.73 Å². The van der Waals surface area contributed by atoms with E-state index in [0.717, 1.165) is 51.9 Å². The number of hydrogen-bond acceptors (Lipinski definition) is 3. The maximum Gasteiger partial charge on any atom is 0.222 e. The van der Waals surface area contributed by atoms with E-state index in [1.807, 2.05) is 0 Å². The van der Waals surface area contributed by atoms with E-state index in [9.17, 15) is 4.79 Å². The second kappa shape index (κ2) is 8.81. The molecule has 1 aromatic rings. The Balaban J connectivity index is 1.38. The van der Waals surface area contributed by atoms with Crippen molar-refractivity contribution in [3.8, 4) is 0 Å². The third-order valence-corrected chi connectivity index (χ3v) is 5.99. The molecule has 1 aliphatic carbocycles. The third-order valence-electron chi connectivity index (χ3n) is 5.99. The summed E-state index contributed by atoms with van der Waals surface area (Å²) in [6, 6.07) is 10.9. The second-order valence-corrected chi connectivity index (χ2v) is 8.07. The van der Waals surface area contributed by atoms with Crippen LogP contribution in [-0.4, -0.2) is 48.4 Å². The number of likely N-dealkylation sites (tertiary alicyclic amines) is 1. The third kappa shape index (κ3) is 5.29. The molecule has 0 aromatic heterocycles. The van der Waals surface area contributed by atoms with Crippen molar-refractivity contribution >= 4 is 5.91 Å². The predicted molar refractivity (Wildman–Crippen MR) is 102 cm³/mol. The number of nitrogens with zero attached hydrogens (tertiary/aromatic N) is 2. The maximum absolute atomic E-state index is 12.5. The summed E-state index contributed by atoms with van der Waals surface area (Å²) in [7, 11) is 2.20. The molecule has 1 aromatic carbocycles. The first-order valence-electron chi connectivity index (χ1n) is 9.87. The molecule has 1 amide bonds. The van der Waals surface area contributed by atoms with Crippen molar-refractivity contribution in [2.45, 2.75) is 51.1 Å². The Morgan fingerprint density at radius 3 is 2.52 bits per heavy atom. The quantitative estimate of drug-likeness (QED) is 0.864. The van der Waals surface area contributed by atoms with E-state index in [0.29, 0.717) is 24.2 Å². The lowest BCUT2D eigenvalue weighted by Crippen LogP contribution is -2.42. The van der Waals surface area contributed by atoms with Crippen molar-refractivity contribution in [3.05, 3.63) is 35.9 Å². The van der Waals surface area contributed by atoms with Crippen LogP contribution in [0.5, 0.6) is 0 Å². The van der Waals surface area contributed by atoms with Crippen LogP contribution in [-0.2, 0) is 11.3 Å². The number of benzene rings is 1. The van der Waals surface area contributed by atoms with Gasteiger partial charge in [0.25, 0.3) is 0 Å². The van der Waals surface area contributed by atoms with Crippen LogP contribution in [0.3, 0.4) is 0 Å². The van der Waals surface area contributed by atoms with E-state index in [1.165, 1.54) is 12.0 Å². The molecule has 1 saturated heterocycles. The van der Waals surface area contributed by atoms with Gasteiger partial charge in [-0.2, -0.15) is 0 Å². The summed E-state index contributed by atoms with van der Waals surface area (Å²) in [5.41, 5.74) is 7.49. The maximum atomic E-state index is 12.5. The Morgan fingerprint density at radius 2 is 1.88 bits per heavy atom. The van der Waals surface area contributed by atoms with Gasteiger partial charge in [0.1, 0.15) is 0 Å². The Kier molecular flexibility index (Phi) is 6.49. The topological polar surface area (TPSA) is 49.6 Å². The molecule has 4 nitrogen and oxygen atoms in total. The molecular formula is C21H33N3O. The van der Waals surface area contributed by atoms with Crippen molar-refractivity contribution in [1.82, 2.24) is 9.80 Å². The number of piperidine rings is 1. The minimum Gasteiger partial charge on any atom is -0.343 e. The Morgan fingerprint density at radius 1 is 1.16 bits per heavy atom. The highest BCUT2D eigenvalue weighted by atomic mass is 16.2. The molecule has 1 saturated carbocycles. The number of nitrogens with two attached hydrogens (primary N) is 1. The fourth-order valence-electron chi connectivity index (χ4n) is 4.44. The molecule has 0 unspecified atom stereocenters. The molecule has 0 bridgehead atoms. The van der Waals surface area contributed by atoms with Crippen LogP contribution in [0.4, 0.5) is 0 Å². The first kappa shape index (κ1) is 18.4. The molecule has 25 heavy (non-hydrogen) atoms. The summed E-state index contributed by atoms with van der Waals surface area (Å²) in [6.45, 7) is 3.96. The predicted octanol–water partition coefficient (Wildman–Crippen LogP) is 2.87. The van der Waals surface area contributed by atoms with Gasteiger partial charge in [-0.05, 0) is 50.1 Å². The summed E-state index contributed by atoms with van der Waals surface area (Å²) < 4.78 is 0. The van der Waals surface area contributed by atoms with E-state index < -0.39 is 0 Å². The van der Waals surface area contributed by atoms with Gasteiger partial charge in [-0.3, -0.25) is 4.79 Å². The molecule has 2 fully saturated rings. The minimum absolute atomic E-state index is 0.244. The Bertz CT molecular complexity index is 539. The average Bonchev–Trinajstić information content (AvgIpc) is 3.01. The van der Waals surface area contributed by atoms with Gasteiger partial charge < -0.3 is 15.5 Å². The molecule has 1 aliphatic heterocycles. The van der Waals surface area contributed by atoms with Gasteiger partial charge in [0, 0.05) is 38.6 Å². The first-order chi connectivity index (χ1) is 12.1. The second-order valence-electron chi connectivity index (χ2n) is 8.07. The van der Waals surface area contributed by atoms with Crippen LogP contribution < -0.4 is 5.73 Å². The van der Waals surface area contributed by atoms with Crippen LogP contribution >= 0.6 is 0 Å². The lowest BCUT2D eigenvalue weighted by molar-refractivity contribution is -0.133. The fourth-order valence-corrected chi connectivity index (χ4v) is 4.44. The van der Waals surface area contributed by atoms with Gasteiger partial charge in [-0.1, -0.05) is 36.8 Å². The number of carbonyl (C=O) groups excluding carboxylic acids is 1. The Hall–Kier alpha value is -1.39. The molecule has 4 heteroatoms. The number of carbonyl (C=O) groups is 1. The van der Waals surface area contributed by atoms with Gasteiger partial charge in [0.2, 0.25) is 5.91 Å². The zero-order valence-corrected chi connectivity index (χ0v) is 15.6. The van der Waals surface area contributed by atoms with E-state index in [2.05, 4.69) is 47.2 Å². The minimum atomic E-state index is 0.244. The number of rotatable bonds is 6. The lowest BCUT2D eigenvalue weighted by atomic mass is 9.94. The van der Waals surface area contributed by atoms with Crippen molar-refractivity contribution in [2.75, 3.05) is 26.7 Å². The van der Waals surface area contributed by atoms with Crippen LogP contribution in [0, 0.1) is 11.8 Å². The molecule has 2 N–H and O–H groups in total. The van der Waals surface area contributed by atoms with Crippen LogP contribution in [0.15, 0.2) is 30.3 Å². The molecule has 138 valence electrons. The van der Waals surface area contributed by atoms with E-state index in [-0.39, 0.29) is 6.04 Å². The van der Waals surface area contributed by atoms with E-state index >= 15 is 0 Å². The van der Waals surface area contributed by atoms with Crippen LogP contribution in [0.2, 0.25) is 0 Å².